The largest absolute Gasteiger partial charge is 0.465 e. The van der Waals surface area contributed by atoms with Gasteiger partial charge in [0.25, 0.3) is 0 Å². The summed E-state index contributed by atoms with van der Waals surface area (Å²) in [5.41, 5.74) is -2.08. The lowest BCUT2D eigenvalue weighted by Gasteiger charge is -2.27. The van der Waals surface area contributed by atoms with Crippen LogP contribution >= 0.6 is 31.9 Å². The second-order valence-electron chi connectivity index (χ2n) is 5.10. The molecule has 0 N–H and O–H groups in total. The summed E-state index contributed by atoms with van der Waals surface area (Å²) in [7, 11) is 2.15. The second-order valence-corrected chi connectivity index (χ2v) is 6.87. The van der Waals surface area contributed by atoms with Gasteiger partial charge in [-0.2, -0.15) is 13.2 Å². The zero-order valence-electron chi connectivity index (χ0n) is 13.9. The van der Waals surface area contributed by atoms with Gasteiger partial charge in [0.15, 0.2) is 0 Å². The lowest BCUT2D eigenvalue weighted by molar-refractivity contribution is -0.139. The predicted molar refractivity (Wildman–Crippen MR) is 98.7 cm³/mol. The number of benzene rings is 1. The van der Waals surface area contributed by atoms with Gasteiger partial charge in [-0.15, -0.1) is 0 Å². The van der Waals surface area contributed by atoms with Crippen LogP contribution in [0.15, 0.2) is 56.8 Å². The smallest absolute Gasteiger partial charge is 0.418 e. The van der Waals surface area contributed by atoms with Crippen molar-refractivity contribution >= 4 is 49.5 Å². The predicted octanol–water partition coefficient (Wildman–Crippen LogP) is 4.72. The van der Waals surface area contributed by atoms with E-state index < -0.39 is 29.4 Å². The van der Waals surface area contributed by atoms with Gasteiger partial charge in [0.1, 0.15) is 5.70 Å². The van der Waals surface area contributed by atoms with Gasteiger partial charge >= 0.3 is 18.1 Å². The molecule has 1 heterocycles. The highest BCUT2D eigenvalue weighted by molar-refractivity contribution is 9.11. The van der Waals surface area contributed by atoms with Crippen LogP contribution in [0.4, 0.5) is 18.9 Å². The second kappa shape index (κ2) is 8.30. The van der Waals surface area contributed by atoms with E-state index in [9.17, 15) is 22.8 Å². The maximum absolute atomic E-state index is 13.7. The number of methoxy groups -OCH3 is 2. The Morgan fingerprint density at radius 2 is 1.67 bits per heavy atom. The van der Waals surface area contributed by atoms with E-state index in [1.165, 1.54) is 30.5 Å². The molecule has 1 aromatic carbocycles. The molecule has 0 atom stereocenters. The summed E-state index contributed by atoms with van der Waals surface area (Å²) in [6.07, 6.45) is 0.529. The van der Waals surface area contributed by atoms with Crippen molar-refractivity contribution in [2.45, 2.75) is 6.18 Å². The van der Waals surface area contributed by atoms with Gasteiger partial charge in [0.2, 0.25) is 0 Å². The highest BCUT2D eigenvalue weighted by atomic mass is 79.9. The summed E-state index contributed by atoms with van der Waals surface area (Å²) >= 11 is 6.13. The number of allylic oxidation sites excluding steroid dienone is 2. The minimum Gasteiger partial charge on any atom is -0.465 e. The molecular weight excluding hydrogens is 499 g/mol. The number of nitrogens with zero attached hydrogens (tertiary/aromatic N) is 1. The first kappa shape index (κ1) is 21.2. The molecule has 0 aromatic heterocycles. The van der Waals surface area contributed by atoms with E-state index in [2.05, 4.69) is 36.6 Å². The number of hydrogen-bond donors (Lipinski definition) is 0. The van der Waals surface area contributed by atoms with Crippen molar-refractivity contribution in [1.82, 2.24) is 0 Å². The summed E-state index contributed by atoms with van der Waals surface area (Å²) in [4.78, 5) is 25.4. The van der Waals surface area contributed by atoms with E-state index in [0.717, 1.165) is 25.2 Å². The summed E-state index contributed by atoms with van der Waals surface area (Å²) in [5, 5.41) is 0. The SMILES string of the molecule is COC(=O)C1=C(C(=O)OC)N(c2c(Br)cc(Br)cc2C(F)(F)F)C=CC=C1. The average molecular weight is 511 g/mol. The number of rotatable bonds is 3. The van der Waals surface area contributed by atoms with Crippen molar-refractivity contribution in [2.75, 3.05) is 19.1 Å². The Labute approximate surface area is 169 Å². The van der Waals surface area contributed by atoms with Gasteiger partial charge < -0.3 is 14.4 Å². The van der Waals surface area contributed by atoms with Crippen molar-refractivity contribution in [3.05, 3.63) is 62.3 Å². The Bertz CT molecular complexity index is 876. The summed E-state index contributed by atoms with van der Waals surface area (Å²) in [5.74, 6) is -1.91. The van der Waals surface area contributed by atoms with E-state index in [1.807, 2.05) is 0 Å². The van der Waals surface area contributed by atoms with E-state index in [1.54, 1.807) is 0 Å². The first-order valence-electron chi connectivity index (χ1n) is 7.23. The van der Waals surface area contributed by atoms with Crippen LogP contribution in [-0.2, 0) is 25.2 Å². The molecule has 2 rings (SSSR count). The van der Waals surface area contributed by atoms with Crippen LogP contribution in [0.3, 0.4) is 0 Å². The van der Waals surface area contributed by atoms with Crippen LogP contribution in [0.25, 0.3) is 0 Å². The molecule has 10 heteroatoms. The van der Waals surface area contributed by atoms with Gasteiger partial charge in [-0.3, -0.25) is 0 Å². The molecule has 5 nitrogen and oxygen atoms in total. The average Bonchev–Trinajstić information content (AvgIpc) is 2.81. The molecule has 1 aromatic rings. The molecule has 0 radical (unpaired) electrons. The van der Waals surface area contributed by atoms with Crippen LogP contribution < -0.4 is 4.90 Å². The molecule has 0 fully saturated rings. The van der Waals surface area contributed by atoms with E-state index in [-0.39, 0.29) is 20.2 Å². The minimum absolute atomic E-state index is 0.0429. The summed E-state index contributed by atoms with van der Waals surface area (Å²) < 4.78 is 50.6. The van der Waals surface area contributed by atoms with Gasteiger partial charge in [-0.05, 0) is 40.2 Å². The summed E-state index contributed by atoms with van der Waals surface area (Å²) in [6, 6.07) is 2.27. The molecule has 0 amide bonds. The molecule has 144 valence electrons. The number of anilines is 1. The fourth-order valence-electron chi connectivity index (χ4n) is 2.36. The van der Waals surface area contributed by atoms with Crippen LogP contribution in [0.2, 0.25) is 0 Å². The van der Waals surface area contributed by atoms with Gasteiger partial charge in [-0.1, -0.05) is 22.0 Å². The molecule has 1 aliphatic rings. The highest BCUT2D eigenvalue weighted by Crippen LogP contribution is 2.44. The third kappa shape index (κ3) is 4.44. The Kier molecular flexibility index (Phi) is 6.53. The Morgan fingerprint density at radius 3 is 2.22 bits per heavy atom. The molecule has 1 aliphatic heterocycles. The standard InChI is InChI=1S/C17H12Br2F3NO4/c1-26-15(24)10-5-3-4-6-23(13(10)16(25)27-2)14-11(17(20,21)22)7-9(18)8-12(14)19/h3-8H,1-2H3. The number of alkyl halides is 3. The van der Waals surface area contributed by atoms with Crippen molar-refractivity contribution in [3.63, 3.8) is 0 Å². The number of hydrogen-bond acceptors (Lipinski definition) is 5. The molecule has 27 heavy (non-hydrogen) atoms. The number of esters is 2. The third-order valence-corrected chi connectivity index (χ3v) is 4.53. The molecule has 0 saturated heterocycles. The molecule has 0 bridgehead atoms. The third-order valence-electron chi connectivity index (χ3n) is 3.46. The number of carbonyl (C=O) groups excluding carboxylic acids is 2. The monoisotopic (exact) mass is 509 g/mol. The van der Waals surface area contributed by atoms with E-state index in [4.69, 9.17) is 4.74 Å². The first-order chi connectivity index (χ1) is 12.6. The van der Waals surface area contributed by atoms with Crippen molar-refractivity contribution in [1.29, 1.82) is 0 Å². The zero-order chi connectivity index (χ0) is 20.4. The van der Waals surface area contributed by atoms with E-state index >= 15 is 0 Å². The molecule has 0 saturated carbocycles. The molecule has 0 aliphatic carbocycles. The van der Waals surface area contributed by atoms with E-state index in [0.29, 0.717) is 0 Å². The lowest BCUT2D eigenvalue weighted by atomic mass is 10.1. The maximum Gasteiger partial charge on any atom is 0.418 e. The Balaban J connectivity index is 2.87. The normalized spacial score (nSPS) is 14.3. The van der Waals surface area contributed by atoms with Gasteiger partial charge in [-0.25, -0.2) is 9.59 Å². The Morgan fingerprint density at radius 1 is 1.04 bits per heavy atom. The van der Waals surface area contributed by atoms with Crippen LogP contribution in [-0.4, -0.2) is 26.2 Å². The van der Waals surface area contributed by atoms with Crippen molar-refractivity contribution in [2.24, 2.45) is 0 Å². The molecule has 0 spiro atoms. The van der Waals surface area contributed by atoms with Gasteiger partial charge in [0, 0.05) is 15.1 Å². The van der Waals surface area contributed by atoms with Crippen molar-refractivity contribution < 1.29 is 32.2 Å². The number of ether oxygens (including phenoxy) is 2. The van der Waals surface area contributed by atoms with Gasteiger partial charge in [0.05, 0.1) is 31.0 Å². The number of carbonyl (C=O) groups is 2. The quantitative estimate of drug-likeness (QED) is 0.551. The van der Waals surface area contributed by atoms with Crippen LogP contribution in [0.1, 0.15) is 5.56 Å². The number of halogens is 5. The molecule has 0 unspecified atom stereocenters. The molecular formula is C17H12Br2F3NO4. The van der Waals surface area contributed by atoms with Crippen LogP contribution in [0, 0.1) is 0 Å². The fourth-order valence-corrected chi connectivity index (χ4v) is 3.78. The first-order valence-corrected chi connectivity index (χ1v) is 8.81. The Hall–Kier alpha value is -2.07. The van der Waals surface area contributed by atoms with Crippen LogP contribution in [0.5, 0.6) is 0 Å². The lowest BCUT2D eigenvalue weighted by Crippen LogP contribution is -2.29. The topological polar surface area (TPSA) is 55.8 Å². The zero-order valence-corrected chi connectivity index (χ0v) is 17.1. The minimum atomic E-state index is -4.73. The summed E-state index contributed by atoms with van der Waals surface area (Å²) in [6.45, 7) is 0. The highest BCUT2D eigenvalue weighted by Gasteiger charge is 2.39. The maximum atomic E-state index is 13.7. The van der Waals surface area contributed by atoms with Crippen molar-refractivity contribution in [3.8, 4) is 0 Å². The fraction of sp³-hybridized carbons (Fsp3) is 0.176.